The molecule has 0 aliphatic heterocycles. The van der Waals surface area contributed by atoms with E-state index in [0.29, 0.717) is 16.7 Å². The Morgan fingerprint density at radius 1 is 1.30 bits per heavy atom. The van der Waals surface area contributed by atoms with Crippen molar-refractivity contribution >= 4 is 17.2 Å². The summed E-state index contributed by atoms with van der Waals surface area (Å²) in [6.07, 6.45) is 1.67. The monoisotopic (exact) mass is 298 g/mol. The van der Waals surface area contributed by atoms with Gasteiger partial charge in [0, 0.05) is 6.42 Å². The van der Waals surface area contributed by atoms with E-state index < -0.39 is 0 Å². The highest BCUT2D eigenvalue weighted by Gasteiger charge is 2.19. The molecule has 1 aromatic heterocycles. The number of aryl methyl sites for hydroxylation is 1. The molecule has 0 spiro atoms. The number of aliphatic hydroxyl groups excluding tert-OH is 1. The van der Waals surface area contributed by atoms with Crippen molar-refractivity contribution in [2.45, 2.75) is 53.5 Å². The first kappa shape index (κ1) is 17.1. The highest BCUT2D eigenvalue weighted by Crippen LogP contribution is 2.21. The lowest BCUT2D eigenvalue weighted by atomic mass is 10.0. The van der Waals surface area contributed by atoms with Gasteiger partial charge in [0.2, 0.25) is 0 Å². The van der Waals surface area contributed by atoms with Gasteiger partial charge in [0.1, 0.15) is 4.88 Å². The number of hydrogen-bond donors (Lipinski definition) is 2. The zero-order chi connectivity index (χ0) is 15.3. The van der Waals surface area contributed by atoms with Crippen LogP contribution >= 0.6 is 11.3 Å². The SMILES string of the molecule is Cc1nc(CC(C)C)sc1C(=O)NC(CO)CC(C)C. The lowest BCUT2D eigenvalue weighted by Gasteiger charge is -2.17. The van der Waals surface area contributed by atoms with Gasteiger partial charge in [-0.05, 0) is 25.2 Å². The van der Waals surface area contributed by atoms with Crippen LogP contribution in [0, 0.1) is 18.8 Å². The number of aromatic nitrogens is 1. The van der Waals surface area contributed by atoms with Crippen LogP contribution in [0.5, 0.6) is 0 Å². The third-order valence-electron chi connectivity index (χ3n) is 2.94. The summed E-state index contributed by atoms with van der Waals surface area (Å²) in [4.78, 5) is 17.4. The van der Waals surface area contributed by atoms with E-state index in [0.717, 1.165) is 23.5 Å². The quantitative estimate of drug-likeness (QED) is 0.813. The molecule has 0 aliphatic rings. The summed E-state index contributed by atoms with van der Waals surface area (Å²) in [5.74, 6) is 0.851. The number of nitrogens with zero attached hydrogens (tertiary/aromatic N) is 1. The summed E-state index contributed by atoms with van der Waals surface area (Å²) in [5.41, 5.74) is 0.782. The standard InChI is InChI=1S/C15H26N2O2S/c1-9(2)6-12(8-18)17-15(19)14-11(5)16-13(20-14)7-10(3)4/h9-10,12,18H,6-8H2,1-5H3,(H,17,19). The van der Waals surface area contributed by atoms with Crippen molar-refractivity contribution in [3.63, 3.8) is 0 Å². The molecule has 1 unspecified atom stereocenters. The lowest BCUT2D eigenvalue weighted by Crippen LogP contribution is -2.38. The predicted octanol–water partition coefficient (Wildman–Crippen LogP) is 2.79. The Morgan fingerprint density at radius 2 is 1.95 bits per heavy atom. The molecule has 1 rings (SSSR count). The number of carbonyl (C=O) groups excluding carboxylic acids is 1. The van der Waals surface area contributed by atoms with Crippen LogP contribution in [-0.4, -0.2) is 28.6 Å². The van der Waals surface area contributed by atoms with Crippen LogP contribution in [0.15, 0.2) is 0 Å². The molecule has 1 atom stereocenters. The van der Waals surface area contributed by atoms with Gasteiger partial charge in [-0.3, -0.25) is 4.79 Å². The maximum Gasteiger partial charge on any atom is 0.263 e. The average Bonchev–Trinajstić information content (AvgIpc) is 2.67. The molecule has 20 heavy (non-hydrogen) atoms. The number of hydrogen-bond acceptors (Lipinski definition) is 4. The van der Waals surface area contributed by atoms with E-state index in [9.17, 15) is 9.90 Å². The smallest absolute Gasteiger partial charge is 0.263 e. The largest absolute Gasteiger partial charge is 0.394 e. The molecule has 5 heteroatoms. The second kappa shape index (κ2) is 7.74. The van der Waals surface area contributed by atoms with Crippen molar-refractivity contribution in [3.8, 4) is 0 Å². The molecule has 0 aromatic carbocycles. The third kappa shape index (κ3) is 5.21. The molecular formula is C15H26N2O2S. The Kier molecular flexibility index (Phi) is 6.62. The normalized spacial score (nSPS) is 13.0. The average molecular weight is 298 g/mol. The van der Waals surface area contributed by atoms with Crippen molar-refractivity contribution in [3.05, 3.63) is 15.6 Å². The van der Waals surface area contributed by atoms with E-state index in [1.807, 2.05) is 6.92 Å². The van der Waals surface area contributed by atoms with Crippen LogP contribution in [0.3, 0.4) is 0 Å². The molecule has 1 aromatic rings. The van der Waals surface area contributed by atoms with E-state index in [1.54, 1.807) is 0 Å². The number of rotatable bonds is 7. The summed E-state index contributed by atoms with van der Waals surface area (Å²) in [7, 11) is 0. The molecule has 0 radical (unpaired) electrons. The Balaban J connectivity index is 2.73. The Bertz CT molecular complexity index is 441. The fraction of sp³-hybridized carbons (Fsp3) is 0.733. The minimum absolute atomic E-state index is 0.0272. The number of carbonyl (C=O) groups is 1. The summed E-state index contributed by atoms with van der Waals surface area (Å²) >= 11 is 1.46. The lowest BCUT2D eigenvalue weighted by molar-refractivity contribution is 0.0911. The first-order chi connectivity index (χ1) is 9.33. The van der Waals surface area contributed by atoms with Crippen molar-refractivity contribution in [2.75, 3.05) is 6.61 Å². The van der Waals surface area contributed by atoms with E-state index in [2.05, 4.69) is 38.0 Å². The van der Waals surface area contributed by atoms with E-state index in [1.165, 1.54) is 11.3 Å². The number of amides is 1. The van der Waals surface area contributed by atoms with Crippen LogP contribution in [0.4, 0.5) is 0 Å². The molecule has 0 fully saturated rings. The molecule has 114 valence electrons. The van der Waals surface area contributed by atoms with Gasteiger partial charge in [0.05, 0.1) is 23.4 Å². The van der Waals surface area contributed by atoms with Gasteiger partial charge in [-0.1, -0.05) is 27.7 Å². The fourth-order valence-electron chi connectivity index (χ4n) is 2.10. The number of nitrogens with one attached hydrogen (secondary N) is 1. The van der Waals surface area contributed by atoms with E-state index in [-0.39, 0.29) is 18.6 Å². The molecule has 0 saturated carbocycles. The van der Waals surface area contributed by atoms with Gasteiger partial charge in [0.25, 0.3) is 5.91 Å². The highest BCUT2D eigenvalue weighted by atomic mass is 32.1. The summed E-state index contributed by atoms with van der Waals surface area (Å²) in [5, 5.41) is 13.2. The van der Waals surface area contributed by atoms with Gasteiger partial charge in [-0.25, -0.2) is 4.98 Å². The van der Waals surface area contributed by atoms with Crippen molar-refractivity contribution in [1.29, 1.82) is 0 Å². The van der Waals surface area contributed by atoms with Crippen LogP contribution in [0.2, 0.25) is 0 Å². The Hall–Kier alpha value is -0.940. The van der Waals surface area contributed by atoms with Gasteiger partial charge in [-0.2, -0.15) is 0 Å². The maximum absolute atomic E-state index is 12.3. The summed E-state index contributed by atoms with van der Waals surface area (Å²) < 4.78 is 0. The highest BCUT2D eigenvalue weighted by molar-refractivity contribution is 7.13. The molecule has 4 nitrogen and oxygen atoms in total. The predicted molar refractivity (Wildman–Crippen MR) is 83.2 cm³/mol. The Morgan fingerprint density at radius 3 is 2.45 bits per heavy atom. The molecule has 2 N–H and O–H groups in total. The van der Waals surface area contributed by atoms with E-state index >= 15 is 0 Å². The first-order valence-corrected chi connectivity index (χ1v) is 8.03. The van der Waals surface area contributed by atoms with Crippen LogP contribution in [-0.2, 0) is 6.42 Å². The molecule has 0 saturated heterocycles. The van der Waals surface area contributed by atoms with E-state index in [4.69, 9.17) is 0 Å². The minimum atomic E-state index is -0.183. The first-order valence-electron chi connectivity index (χ1n) is 7.21. The fourth-order valence-corrected chi connectivity index (χ4v) is 3.28. The Labute approximate surface area is 125 Å². The van der Waals surface area contributed by atoms with Gasteiger partial charge >= 0.3 is 0 Å². The zero-order valence-corrected chi connectivity index (χ0v) is 13.9. The van der Waals surface area contributed by atoms with Gasteiger partial charge in [0.15, 0.2) is 0 Å². The minimum Gasteiger partial charge on any atom is -0.394 e. The van der Waals surface area contributed by atoms with Crippen LogP contribution in [0.1, 0.15) is 54.5 Å². The molecule has 1 heterocycles. The van der Waals surface area contributed by atoms with Crippen molar-refractivity contribution in [1.82, 2.24) is 10.3 Å². The van der Waals surface area contributed by atoms with Crippen molar-refractivity contribution in [2.24, 2.45) is 11.8 Å². The summed E-state index contributed by atoms with van der Waals surface area (Å²) in [6.45, 7) is 10.3. The molecule has 0 aliphatic carbocycles. The topological polar surface area (TPSA) is 62.2 Å². The summed E-state index contributed by atoms with van der Waals surface area (Å²) in [6, 6.07) is -0.183. The van der Waals surface area contributed by atoms with Crippen LogP contribution < -0.4 is 5.32 Å². The third-order valence-corrected chi connectivity index (χ3v) is 4.12. The molecule has 0 bridgehead atoms. The zero-order valence-electron chi connectivity index (χ0n) is 13.1. The maximum atomic E-state index is 12.3. The second-order valence-electron chi connectivity index (χ2n) is 6.10. The van der Waals surface area contributed by atoms with Gasteiger partial charge in [-0.15, -0.1) is 11.3 Å². The molecular weight excluding hydrogens is 272 g/mol. The number of aliphatic hydroxyl groups is 1. The van der Waals surface area contributed by atoms with Gasteiger partial charge < -0.3 is 10.4 Å². The van der Waals surface area contributed by atoms with Crippen LogP contribution in [0.25, 0.3) is 0 Å². The van der Waals surface area contributed by atoms with Crippen molar-refractivity contribution < 1.29 is 9.90 Å². The molecule has 1 amide bonds. The number of thiazole rings is 1. The second-order valence-corrected chi connectivity index (χ2v) is 7.19.